The Morgan fingerprint density at radius 3 is 2.65 bits per heavy atom. The van der Waals surface area contributed by atoms with E-state index >= 15 is 0 Å². The van der Waals surface area contributed by atoms with E-state index in [0.717, 1.165) is 0 Å². The first-order valence-electron chi connectivity index (χ1n) is 10.8. The number of ketones is 1. The van der Waals surface area contributed by atoms with E-state index in [1.165, 1.54) is 12.4 Å². The molecule has 2 aromatic heterocycles. The molecule has 1 fully saturated rings. The molecule has 7 nitrogen and oxygen atoms in total. The van der Waals surface area contributed by atoms with Gasteiger partial charge in [0.05, 0.1) is 16.5 Å². The van der Waals surface area contributed by atoms with Crippen LogP contribution in [-0.2, 0) is 5.41 Å². The van der Waals surface area contributed by atoms with Crippen LogP contribution in [0.3, 0.4) is 0 Å². The van der Waals surface area contributed by atoms with Crippen molar-refractivity contribution in [2.24, 2.45) is 0 Å². The van der Waals surface area contributed by atoms with Crippen molar-refractivity contribution in [2.75, 3.05) is 22.5 Å². The highest BCUT2D eigenvalue weighted by atomic mass is 19.1. The van der Waals surface area contributed by atoms with Crippen LogP contribution in [0, 0.1) is 5.95 Å². The number of carbonyl (C=O) groups excluding carboxylic acids is 1. The Morgan fingerprint density at radius 2 is 1.97 bits per heavy atom. The summed E-state index contributed by atoms with van der Waals surface area (Å²) >= 11 is 0. The van der Waals surface area contributed by atoms with Gasteiger partial charge in [-0.05, 0) is 58.6 Å². The number of carbonyl (C=O) groups is 1. The lowest BCUT2D eigenvalue weighted by Gasteiger charge is -2.26. The van der Waals surface area contributed by atoms with E-state index < -0.39 is 17.5 Å². The maximum atomic E-state index is 14.9. The van der Waals surface area contributed by atoms with E-state index in [-0.39, 0.29) is 23.4 Å². The number of nitrogens with zero attached hydrogens (tertiary/aromatic N) is 3. The number of fused-ring (bicyclic) bond motifs is 1. The Labute approximate surface area is 180 Å². The second kappa shape index (κ2) is 8.36. The Morgan fingerprint density at radius 1 is 1.23 bits per heavy atom. The molecule has 1 atom stereocenters. The number of Topliss-reactive ketones (excluding diaryl/α,β-unsaturated/α-hetero) is 1. The Bertz CT molecular complexity index is 976. The standard InChI is InChI=1S/C22H28F2N6O/c1-12(2)28-21-17-20(26-11-27-21)25-10-22(17,3)18(31)15-8-9-16(30-19(15)24)29-14-6-4-13(23)5-7-14/h8-9,11-14H,4-7,10H2,1-3H3,(H,29,30)(H2,25,26,27,28). The fourth-order valence-electron chi connectivity index (χ4n) is 4.36. The first-order chi connectivity index (χ1) is 14.8. The normalized spacial score (nSPS) is 25.1. The first-order valence-corrected chi connectivity index (χ1v) is 10.8. The van der Waals surface area contributed by atoms with Crippen LogP contribution in [0.4, 0.5) is 26.2 Å². The number of hydrogen-bond acceptors (Lipinski definition) is 7. The summed E-state index contributed by atoms with van der Waals surface area (Å²) in [6.45, 7) is 6.01. The third-order valence-electron chi connectivity index (χ3n) is 6.04. The van der Waals surface area contributed by atoms with Gasteiger partial charge in [0.15, 0.2) is 5.78 Å². The van der Waals surface area contributed by atoms with Crippen LogP contribution in [0.25, 0.3) is 0 Å². The molecule has 31 heavy (non-hydrogen) atoms. The van der Waals surface area contributed by atoms with Crippen molar-refractivity contribution in [3.8, 4) is 0 Å². The molecule has 0 aromatic carbocycles. The predicted octanol–water partition coefficient (Wildman–Crippen LogP) is 4.09. The minimum atomic E-state index is -1.04. The van der Waals surface area contributed by atoms with Crippen molar-refractivity contribution in [3.05, 3.63) is 35.5 Å². The van der Waals surface area contributed by atoms with Gasteiger partial charge in [0.2, 0.25) is 5.95 Å². The number of aromatic nitrogens is 3. The molecule has 166 valence electrons. The molecule has 1 unspecified atom stereocenters. The minimum Gasteiger partial charge on any atom is -0.368 e. The monoisotopic (exact) mass is 430 g/mol. The highest BCUT2D eigenvalue weighted by molar-refractivity contribution is 6.07. The number of nitrogens with one attached hydrogen (secondary N) is 3. The van der Waals surface area contributed by atoms with Gasteiger partial charge in [-0.15, -0.1) is 0 Å². The largest absolute Gasteiger partial charge is 0.368 e. The van der Waals surface area contributed by atoms with Crippen LogP contribution in [0.15, 0.2) is 18.5 Å². The van der Waals surface area contributed by atoms with Crippen molar-refractivity contribution in [2.45, 2.75) is 70.1 Å². The number of anilines is 3. The number of pyridine rings is 1. The summed E-state index contributed by atoms with van der Waals surface area (Å²) in [7, 11) is 0. The lowest BCUT2D eigenvalue weighted by atomic mass is 9.78. The van der Waals surface area contributed by atoms with Gasteiger partial charge in [0.25, 0.3) is 0 Å². The average molecular weight is 431 g/mol. The van der Waals surface area contributed by atoms with Crippen LogP contribution < -0.4 is 16.0 Å². The van der Waals surface area contributed by atoms with E-state index in [2.05, 4.69) is 30.9 Å². The van der Waals surface area contributed by atoms with Crippen LogP contribution in [-0.4, -0.2) is 45.5 Å². The molecule has 2 aliphatic rings. The molecule has 3 N–H and O–H groups in total. The smallest absolute Gasteiger partial charge is 0.225 e. The molecule has 1 aliphatic carbocycles. The molecule has 1 saturated carbocycles. The third kappa shape index (κ3) is 4.18. The lowest BCUT2D eigenvalue weighted by Crippen LogP contribution is -2.36. The minimum absolute atomic E-state index is 0.0608. The fraction of sp³-hybridized carbons (Fsp3) is 0.545. The van der Waals surface area contributed by atoms with Crippen molar-refractivity contribution >= 4 is 23.2 Å². The van der Waals surface area contributed by atoms with E-state index in [1.807, 2.05) is 13.8 Å². The van der Waals surface area contributed by atoms with Crippen molar-refractivity contribution in [1.82, 2.24) is 15.0 Å². The number of rotatable bonds is 6. The van der Waals surface area contributed by atoms with Crippen LogP contribution in [0.2, 0.25) is 0 Å². The zero-order valence-electron chi connectivity index (χ0n) is 18.0. The molecule has 4 rings (SSSR count). The first kappa shape index (κ1) is 21.4. The van der Waals surface area contributed by atoms with Gasteiger partial charge in [-0.25, -0.2) is 19.3 Å². The Kier molecular flexibility index (Phi) is 5.77. The van der Waals surface area contributed by atoms with E-state index in [9.17, 15) is 13.6 Å². The summed E-state index contributed by atoms with van der Waals surface area (Å²) in [5.74, 6) is 0.297. The zero-order chi connectivity index (χ0) is 22.2. The number of hydrogen-bond donors (Lipinski definition) is 3. The zero-order valence-corrected chi connectivity index (χ0v) is 18.0. The molecular weight excluding hydrogens is 402 g/mol. The highest BCUT2D eigenvalue weighted by Crippen LogP contribution is 2.42. The number of halogens is 2. The van der Waals surface area contributed by atoms with Crippen LogP contribution >= 0.6 is 0 Å². The molecule has 2 aromatic rings. The van der Waals surface area contributed by atoms with Gasteiger partial charge in [-0.2, -0.15) is 4.39 Å². The van der Waals surface area contributed by atoms with Crippen molar-refractivity contribution in [3.63, 3.8) is 0 Å². The second-order valence-corrected chi connectivity index (χ2v) is 8.89. The quantitative estimate of drug-likeness (QED) is 0.470. The van der Waals surface area contributed by atoms with E-state index in [4.69, 9.17) is 0 Å². The lowest BCUT2D eigenvalue weighted by molar-refractivity contribution is 0.0904. The Balaban J connectivity index is 1.58. The molecule has 1 aliphatic heterocycles. The van der Waals surface area contributed by atoms with Gasteiger partial charge in [-0.1, -0.05) is 0 Å². The van der Waals surface area contributed by atoms with Gasteiger partial charge >= 0.3 is 0 Å². The molecule has 3 heterocycles. The van der Waals surface area contributed by atoms with E-state index in [0.29, 0.717) is 55.2 Å². The van der Waals surface area contributed by atoms with Gasteiger partial charge in [-0.3, -0.25) is 4.79 Å². The highest BCUT2D eigenvalue weighted by Gasteiger charge is 2.46. The summed E-state index contributed by atoms with van der Waals surface area (Å²) in [6, 6.07) is 3.25. The van der Waals surface area contributed by atoms with Gasteiger partial charge in [0, 0.05) is 18.6 Å². The summed E-state index contributed by atoms with van der Waals surface area (Å²) in [5.41, 5.74) is -0.474. The molecule has 0 saturated heterocycles. The van der Waals surface area contributed by atoms with Gasteiger partial charge in [0.1, 0.15) is 30.0 Å². The summed E-state index contributed by atoms with van der Waals surface area (Å²) in [5, 5.41) is 9.56. The van der Waals surface area contributed by atoms with Crippen LogP contribution in [0.5, 0.6) is 0 Å². The summed E-state index contributed by atoms with van der Waals surface area (Å²) < 4.78 is 28.3. The fourth-order valence-corrected chi connectivity index (χ4v) is 4.36. The average Bonchev–Trinajstić information content (AvgIpc) is 3.08. The molecule has 9 heteroatoms. The SMILES string of the molecule is CC(C)Nc1ncnc2c1C(C)(C(=O)c1ccc(NC3CCC(F)CC3)nc1F)CN2. The summed E-state index contributed by atoms with van der Waals surface area (Å²) in [4.78, 5) is 26.0. The third-order valence-corrected chi connectivity index (χ3v) is 6.04. The predicted molar refractivity (Wildman–Crippen MR) is 116 cm³/mol. The molecule has 0 radical (unpaired) electrons. The Hall–Kier alpha value is -2.84. The molecular formula is C22H28F2N6O. The number of alkyl halides is 1. The molecule has 0 amide bonds. The van der Waals surface area contributed by atoms with Crippen molar-refractivity contribution in [1.29, 1.82) is 0 Å². The summed E-state index contributed by atoms with van der Waals surface area (Å²) in [6.07, 6.45) is 3.03. The maximum Gasteiger partial charge on any atom is 0.225 e. The van der Waals surface area contributed by atoms with Gasteiger partial charge < -0.3 is 16.0 Å². The van der Waals surface area contributed by atoms with Crippen molar-refractivity contribution < 1.29 is 13.6 Å². The molecule has 0 spiro atoms. The second-order valence-electron chi connectivity index (χ2n) is 8.89. The van der Waals surface area contributed by atoms with Crippen LogP contribution in [0.1, 0.15) is 62.4 Å². The maximum absolute atomic E-state index is 14.9. The molecule has 0 bridgehead atoms. The van der Waals surface area contributed by atoms with E-state index in [1.54, 1.807) is 13.0 Å². The topological polar surface area (TPSA) is 91.8 Å².